The molecule has 0 spiro atoms. The predicted octanol–water partition coefficient (Wildman–Crippen LogP) is 4.36. The van der Waals surface area contributed by atoms with Crippen molar-refractivity contribution in [2.24, 2.45) is 0 Å². The molecule has 7 heteroatoms. The van der Waals surface area contributed by atoms with Crippen LogP contribution >= 0.6 is 11.6 Å². The molecule has 0 bridgehead atoms. The quantitative estimate of drug-likeness (QED) is 0.206. The average molecular weight is 442 g/mol. The first-order chi connectivity index (χ1) is 15.0. The van der Waals surface area contributed by atoms with Crippen LogP contribution in [0.1, 0.15) is 23.6 Å². The minimum atomic E-state index is -0.721. The van der Waals surface area contributed by atoms with E-state index in [1.54, 1.807) is 61.7 Å². The minimum absolute atomic E-state index is 0.0458. The van der Waals surface area contributed by atoms with E-state index in [1.165, 1.54) is 4.90 Å². The Kier molecular flexibility index (Phi) is 7.50. The SMILES string of the molecule is C=CCOc1ccc([C@@H]2C(=C(O)c3ccc(Cl)cc3)C(=O)C(=O)N2CCCOC)cc1. The molecule has 2 aromatic carbocycles. The number of ether oxygens (including phenoxy) is 2. The van der Waals surface area contributed by atoms with Gasteiger partial charge in [0.2, 0.25) is 0 Å². The van der Waals surface area contributed by atoms with E-state index in [1.807, 2.05) is 0 Å². The number of carbonyl (C=O) groups excluding carboxylic acids is 2. The summed E-state index contributed by atoms with van der Waals surface area (Å²) in [5, 5.41) is 11.5. The van der Waals surface area contributed by atoms with Gasteiger partial charge in [0, 0.05) is 30.8 Å². The molecule has 31 heavy (non-hydrogen) atoms. The second-order valence-electron chi connectivity index (χ2n) is 7.01. The van der Waals surface area contributed by atoms with Crippen molar-refractivity contribution in [1.82, 2.24) is 4.90 Å². The van der Waals surface area contributed by atoms with Crippen LogP contribution in [0.4, 0.5) is 0 Å². The van der Waals surface area contributed by atoms with Crippen LogP contribution in [0.25, 0.3) is 5.76 Å². The number of rotatable bonds is 9. The Morgan fingerprint density at radius 1 is 1.16 bits per heavy atom. The highest BCUT2D eigenvalue weighted by atomic mass is 35.5. The Hall–Kier alpha value is -3.09. The molecule has 1 aliphatic rings. The summed E-state index contributed by atoms with van der Waals surface area (Å²) in [5.41, 5.74) is 1.15. The summed E-state index contributed by atoms with van der Waals surface area (Å²) in [7, 11) is 1.58. The summed E-state index contributed by atoms with van der Waals surface area (Å²) in [6.07, 6.45) is 2.20. The number of methoxy groups -OCH3 is 1. The van der Waals surface area contributed by atoms with Gasteiger partial charge in [0.05, 0.1) is 11.6 Å². The molecule has 2 aromatic rings. The lowest BCUT2D eigenvalue weighted by molar-refractivity contribution is -0.140. The number of halogens is 1. The second kappa shape index (κ2) is 10.3. The molecule has 1 heterocycles. The van der Waals surface area contributed by atoms with Crippen LogP contribution in [-0.4, -0.2) is 48.6 Å². The topological polar surface area (TPSA) is 76.1 Å². The van der Waals surface area contributed by atoms with Crippen LogP contribution in [0.2, 0.25) is 5.02 Å². The van der Waals surface area contributed by atoms with Gasteiger partial charge in [0.1, 0.15) is 18.1 Å². The van der Waals surface area contributed by atoms with Gasteiger partial charge in [-0.1, -0.05) is 36.4 Å². The summed E-state index contributed by atoms with van der Waals surface area (Å²) < 4.78 is 10.6. The average Bonchev–Trinajstić information content (AvgIpc) is 3.03. The summed E-state index contributed by atoms with van der Waals surface area (Å²) in [6.45, 7) is 4.75. The van der Waals surface area contributed by atoms with Gasteiger partial charge in [-0.3, -0.25) is 9.59 Å². The van der Waals surface area contributed by atoms with Gasteiger partial charge >= 0.3 is 0 Å². The van der Waals surface area contributed by atoms with Crippen molar-refractivity contribution < 1.29 is 24.2 Å². The summed E-state index contributed by atoms with van der Waals surface area (Å²) in [6, 6.07) is 12.8. The lowest BCUT2D eigenvalue weighted by Crippen LogP contribution is -2.31. The van der Waals surface area contributed by atoms with Crippen LogP contribution < -0.4 is 4.74 Å². The number of aliphatic hydroxyl groups excluding tert-OH is 1. The van der Waals surface area contributed by atoms with Crippen molar-refractivity contribution in [2.75, 3.05) is 26.9 Å². The molecule has 0 saturated carbocycles. The zero-order valence-corrected chi connectivity index (χ0v) is 18.0. The number of hydrogen-bond donors (Lipinski definition) is 1. The summed E-state index contributed by atoms with van der Waals surface area (Å²) in [4.78, 5) is 27.2. The predicted molar refractivity (Wildman–Crippen MR) is 119 cm³/mol. The number of aliphatic hydroxyl groups is 1. The van der Waals surface area contributed by atoms with E-state index < -0.39 is 17.7 Å². The number of likely N-dealkylation sites (tertiary alicyclic amines) is 1. The van der Waals surface area contributed by atoms with Crippen molar-refractivity contribution in [3.8, 4) is 5.75 Å². The molecule has 1 fully saturated rings. The lowest BCUT2D eigenvalue weighted by Gasteiger charge is -2.25. The molecule has 0 radical (unpaired) electrons. The van der Waals surface area contributed by atoms with Crippen molar-refractivity contribution in [3.63, 3.8) is 0 Å². The molecular formula is C24H24ClNO5. The molecule has 0 aromatic heterocycles. The van der Waals surface area contributed by atoms with Gasteiger partial charge in [0.25, 0.3) is 11.7 Å². The fourth-order valence-corrected chi connectivity index (χ4v) is 3.63. The maximum absolute atomic E-state index is 12.9. The molecule has 1 aliphatic heterocycles. The van der Waals surface area contributed by atoms with Crippen LogP contribution in [0.3, 0.4) is 0 Å². The Labute approximate surface area is 186 Å². The number of hydrogen-bond acceptors (Lipinski definition) is 5. The smallest absolute Gasteiger partial charge is 0.295 e. The number of carbonyl (C=O) groups is 2. The normalized spacial score (nSPS) is 17.7. The molecule has 1 N–H and O–H groups in total. The van der Waals surface area contributed by atoms with Crippen molar-refractivity contribution in [1.29, 1.82) is 0 Å². The Balaban J connectivity index is 2.05. The lowest BCUT2D eigenvalue weighted by atomic mass is 9.95. The van der Waals surface area contributed by atoms with E-state index in [0.29, 0.717) is 48.1 Å². The minimum Gasteiger partial charge on any atom is -0.507 e. The highest BCUT2D eigenvalue weighted by Gasteiger charge is 2.45. The highest BCUT2D eigenvalue weighted by Crippen LogP contribution is 2.40. The molecule has 3 rings (SSSR count). The van der Waals surface area contributed by atoms with Crippen molar-refractivity contribution in [2.45, 2.75) is 12.5 Å². The monoisotopic (exact) mass is 441 g/mol. The standard InChI is InChI=1S/C24H24ClNO5/c1-3-14-31-19-11-7-16(8-12-19)21-20(22(27)17-5-9-18(25)10-6-17)23(28)24(29)26(21)13-4-15-30-2/h3,5-12,21,27H,1,4,13-15H2,2H3/t21-/m1/s1. The first-order valence-electron chi connectivity index (χ1n) is 9.85. The molecule has 162 valence electrons. The summed E-state index contributed by atoms with van der Waals surface area (Å²) in [5.74, 6) is -0.968. The molecule has 6 nitrogen and oxygen atoms in total. The molecule has 0 unspecified atom stereocenters. The van der Waals surface area contributed by atoms with Crippen molar-refractivity contribution >= 4 is 29.1 Å². The van der Waals surface area contributed by atoms with Gasteiger partial charge in [-0.25, -0.2) is 0 Å². The van der Waals surface area contributed by atoms with E-state index in [4.69, 9.17) is 21.1 Å². The Morgan fingerprint density at radius 3 is 2.45 bits per heavy atom. The fourth-order valence-electron chi connectivity index (χ4n) is 3.50. The maximum atomic E-state index is 12.9. The molecule has 0 aliphatic carbocycles. The fraction of sp³-hybridized carbons (Fsp3) is 0.250. The Morgan fingerprint density at radius 2 is 1.84 bits per heavy atom. The second-order valence-corrected chi connectivity index (χ2v) is 7.45. The van der Waals surface area contributed by atoms with E-state index in [0.717, 1.165) is 0 Å². The van der Waals surface area contributed by atoms with Gasteiger partial charge in [-0.15, -0.1) is 0 Å². The van der Waals surface area contributed by atoms with Gasteiger partial charge < -0.3 is 19.5 Å². The third kappa shape index (κ3) is 4.98. The van der Waals surface area contributed by atoms with E-state index in [9.17, 15) is 14.7 Å². The first-order valence-corrected chi connectivity index (χ1v) is 10.2. The summed E-state index contributed by atoms with van der Waals surface area (Å²) >= 11 is 5.94. The maximum Gasteiger partial charge on any atom is 0.295 e. The molecule has 1 saturated heterocycles. The zero-order valence-electron chi connectivity index (χ0n) is 17.2. The van der Waals surface area contributed by atoms with Gasteiger partial charge in [0.15, 0.2) is 0 Å². The molecule has 1 amide bonds. The zero-order chi connectivity index (χ0) is 22.4. The number of amides is 1. The van der Waals surface area contributed by atoms with Crippen LogP contribution in [0.5, 0.6) is 5.75 Å². The van der Waals surface area contributed by atoms with E-state index in [2.05, 4.69) is 6.58 Å². The first kappa shape index (κ1) is 22.6. The van der Waals surface area contributed by atoms with Crippen LogP contribution in [0, 0.1) is 0 Å². The molecular weight excluding hydrogens is 418 g/mol. The molecule has 1 atom stereocenters. The largest absolute Gasteiger partial charge is 0.507 e. The number of Topliss-reactive ketones (excluding diaryl/α,β-unsaturated/α-hetero) is 1. The highest BCUT2D eigenvalue weighted by molar-refractivity contribution is 6.46. The van der Waals surface area contributed by atoms with Crippen LogP contribution in [-0.2, 0) is 14.3 Å². The van der Waals surface area contributed by atoms with Crippen LogP contribution in [0.15, 0.2) is 66.8 Å². The van der Waals surface area contributed by atoms with Crippen molar-refractivity contribution in [3.05, 3.63) is 82.9 Å². The number of nitrogens with zero attached hydrogens (tertiary/aromatic N) is 1. The van der Waals surface area contributed by atoms with E-state index in [-0.39, 0.29) is 11.3 Å². The number of benzene rings is 2. The van der Waals surface area contributed by atoms with Gasteiger partial charge in [-0.05, 0) is 48.4 Å². The van der Waals surface area contributed by atoms with Gasteiger partial charge in [-0.2, -0.15) is 0 Å². The number of ketones is 1. The third-order valence-electron chi connectivity index (χ3n) is 4.97. The Bertz CT molecular complexity index is 982. The van der Waals surface area contributed by atoms with E-state index >= 15 is 0 Å². The third-order valence-corrected chi connectivity index (χ3v) is 5.22.